The third-order valence-electron chi connectivity index (χ3n) is 4.45. The molecule has 1 saturated carbocycles. The number of methoxy groups -OCH3 is 1. The van der Waals surface area contributed by atoms with E-state index in [0.717, 1.165) is 38.5 Å². The van der Waals surface area contributed by atoms with E-state index < -0.39 is 22.7 Å². The van der Waals surface area contributed by atoms with Crippen LogP contribution in [0.1, 0.15) is 38.5 Å². The fourth-order valence-electron chi connectivity index (χ4n) is 3.17. The van der Waals surface area contributed by atoms with E-state index >= 15 is 0 Å². The Morgan fingerprint density at radius 2 is 1.75 bits per heavy atom. The van der Waals surface area contributed by atoms with Crippen molar-refractivity contribution in [3.63, 3.8) is 0 Å². The maximum atomic E-state index is 12.6. The molecule has 130 valence electrons. The van der Waals surface area contributed by atoms with Gasteiger partial charge >= 0.3 is 5.97 Å². The van der Waals surface area contributed by atoms with Gasteiger partial charge in [0.15, 0.2) is 0 Å². The maximum Gasteiger partial charge on any atom is 0.318 e. The SMILES string of the molecule is COC(=O)[C@H](C(=O)Nc1ccc([N+](=O)[O-])cc1)C1CCCCCC1. The molecule has 7 nitrogen and oxygen atoms in total. The zero-order valence-corrected chi connectivity index (χ0v) is 13.7. The van der Waals surface area contributed by atoms with Crippen molar-refractivity contribution in [2.45, 2.75) is 38.5 Å². The summed E-state index contributed by atoms with van der Waals surface area (Å²) in [5.41, 5.74) is 0.370. The van der Waals surface area contributed by atoms with E-state index in [-0.39, 0.29) is 11.6 Å². The molecule has 1 aliphatic rings. The Labute approximate surface area is 140 Å². The molecule has 0 unspecified atom stereocenters. The van der Waals surface area contributed by atoms with Crippen LogP contribution >= 0.6 is 0 Å². The summed E-state index contributed by atoms with van der Waals surface area (Å²) in [5.74, 6) is -1.81. The molecule has 1 aromatic carbocycles. The smallest absolute Gasteiger partial charge is 0.318 e. The van der Waals surface area contributed by atoms with Gasteiger partial charge in [-0.1, -0.05) is 25.7 Å². The number of esters is 1. The minimum Gasteiger partial charge on any atom is -0.468 e. The molecular weight excluding hydrogens is 312 g/mol. The van der Waals surface area contributed by atoms with E-state index in [0.29, 0.717) is 5.69 Å². The molecule has 0 heterocycles. The number of benzene rings is 1. The highest BCUT2D eigenvalue weighted by Gasteiger charge is 2.35. The zero-order chi connectivity index (χ0) is 17.5. The number of hydrogen-bond donors (Lipinski definition) is 1. The first kappa shape index (κ1) is 17.9. The van der Waals surface area contributed by atoms with Crippen molar-refractivity contribution in [2.24, 2.45) is 11.8 Å². The first-order chi connectivity index (χ1) is 11.5. The van der Waals surface area contributed by atoms with Crippen molar-refractivity contribution in [3.05, 3.63) is 34.4 Å². The summed E-state index contributed by atoms with van der Waals surface area (Å²) in [6, 6.07) is 5.54. The van der Waals surface area contributed by atoms with Crippen LogP contribution in [0.5, 0.6) is 0 Å². The average molecular weight is 334 g/mol. The van der Waals surface area contributed by atoms with Gasteiger partial charge in [-0.25, -0.2) is 0 Å². The summed E-state index contributed by atoms with van der Waals surface area (Å²) in [4.78, 5) is 34.9. The van der Waals surface area contributed by atoms with Crippen LogP contribution in [0.15, 0.2) is 24.3 Å². The number of carbonyl (C=O) groups is 2. The van der Waals surface area contributed by atoms with Crippen LogP contribution < -0.4 is 5.32 Å². The number of amides is 1. The van der Waals surface area contributed by atoms with E-state index in [1.54, 1.807) is 0 Å². The van der Waals surface area contributed by atoms with Crippen molar-refractivity contribution in [3.8, 4) is 0 Å². The lowest BCUT2D eigenvalue weighted by Crippen LogP contribution is -2.36. The molecule has 1 N–H and O–H groups in total. The minimum atomic E-state index is -0.844. The standard InChI is InChI=1S/C17H22N2O5/c1-24-17(21)15(12-6-4-2-3-5-7-12)16(20)18-13-8-10-14(11-9-13)19(22)23/h8-12,15H,2-7H2,1H3,(H,18,20)/t15-/m0/s1. The normalized spacial score (nSPS) is 16.7. The van der Waals surface area contributed by atoms with E-state index in [4.69, 9.17) is 4.74 Å². The fraction of sp³-hybridized carbons (Fsp3) is 0.529. The van der Waals surface area contributed by atoms with Crippen LogP contribution in [0.4, 0.5) is 11.4 Å². The second kappa shape index (κ2) is 8.42. The number of non-ortho nitro benzene ring substituents is 1. The summed E-state index contributed by atoms with van der Waals surface area (Å²) in [7, 11) is 1.28. The highest BCUT2D eigenvalue weighted by Crippen LogP contribution is 2.31. The largest absolute Gasteiger partial charge is 0.468 e. The van der Waals surface area contributed by atoms with Crippen molar-refractivity contribution in [1.82, 2.24) is 0 Å². The molecule has 0 saturated heterocycles. The molecule has 0 aromatic heterocycles. The molecular formula is C17H22N2O5. The summed E-state index contributed by atoms with van der Waals surface area (Å²) in [6.45, 7) is 0. The molecule has 0 bridgehead atoms. The number of nitrogens with one attached hydrogen (secondary N) is 1. The van der Waals surface area contributed by atoms with Crippen LogP contribution in [0, 0.1) is 22.0 Å². The van der Waals surface area contributed by atoms with Gasteiger partial charge in [-0.15, -0.1) is 0 Å². The molecule has 1 aliphatic carbocycles. The van der Waals surface area contributed by atoms with Crippen molar-refractivity contribution < 1.29 is 19.2 Å². The Morgan fingerprint density at radius 3 is 2.25 bits per heavy atom. The second-order valence-corrected chi connectivity index (χ2v) is 6.05. The fourth-order valence-corrected chi connectivity index (χ4v) is 3.17. The summed E-state index contributed by atoms with van der Waals surface area (Å²) in [5, 5.41) is 13.3. The Bertz CT molecular complexity index is 592. The molecule has 1 aromatic rings. The van der Waals surface area contributed by atoms with Crippen molar-refractivity contribution >= 4 is 23.3 Å². The topological polar surface area (TPSA) is 98.5 Å². The van der Waals surface area contributed by atoms with E-state index in [1.165, 1.54) is 31.4 Å². The Kier molecular flexibility index (Phi) is 6.28. The van der Waals surface area contributed by atoms with Crippen LogP contribution in [0.3, 0.4) is 0 Å². The third kappa shape index (κ3) is 4.53. The number of ether oxygens (including phenoxy) is 1. The summed E-state index contributed by atoms with van der Waals surface area (Å²) < 4.78 is 4.83. The quantitative estimate of drug-likeness (QED) is 0.293. The third-order valence-corrected chi connectivity index (χ3v) is 4.45. The predicted molar refractivity (Wildman–Crippen MR) is 88.4 cm³/mol. The van der Waals surface area contributed by atoms with Gasteiger partial charge in [0.25, 0.3) is 5.69 Å². The van der Waals surface area contributed by atoms with E-state index in [9.17, 15) is 19.7 Å². The molecule has 1 fully saturated rings. The van der Waals surface area contributed by atoms with E-state index in [1.807, 2.05) is 0 Å². The second-order valence-electron chi connectivity index (χ2n) is 6.05. The van der Waals surface area contributed by atoms with Crippen molar-refractivity contribution in [2.75, 3.05) is 12.4 Å². The number of anilines is 1. The molecule has 0 aliphatic heterocycles. The highest BCUT2D eigenvalue weighted by atomic mass is 16.6. The Morgan fingerprint density at radius 1 is 1.17 bits per heavy atom. The average Bonchev–Trinajstić information content (AvgIpc) is 2.84. The van der Waals surface area contributed by atoms with Crippen molar-refractivity contribution in [1.29, 1.82) is 0 Å². The summed E-state index contributed by atoms with van der Waals surface area (Å²) in [6.07, 6.45) is 5.90. The predicted octanol–water partition coefficient (Wildman–Crippen LogP) is 3.29. The van der Waals surface area contributed by atoms with Gasteiger partial charge in [-0.05, 0) is 30.9 Å². The highest BCUT2D eigenvalue weighted by molar-refractivity contribution is 6.05. The van der Waals surface area contributed by atoms with Gasteiger partial charge in [0.2, 0.25) is 5.91 Å². The first-order valence-corrected chi connectivity index (χ1v) is 8.16. The molecule has 2 rings (SSSR count). The van der Waals surface area contributed by atoms with E-state index in [2.05, 4.69) is 5.32 Å². The maximum absolute atomic E-state index is 12.6. The molecule has 7 heteroatoms. The van der Waals surface area contributed by atoms with Gasteiger partial charge in [0.05, 0.1) is 12.0 Å². The first-order valence-electron chi connectivity index (χ1n) is 8.16. The Balaban J connectivity index is 2.11. The van der Waals surface area contributed by atoms with Gasteiger partial charge in [-0.2, -0.15) is 0 Å². The summed E-state index contributed by atoms with van der Waals surface area (Å²) >= 11 is 0. The monoisotopic (exact) mass is 334 g/mol. The lowest BCUT2D eigenvalue weighted by molar-refractivity contribution is -0.384. The van der Waals surface area contributed by atoms with Crippen LogP contribution in [0.2, 0.25) is 0 Å². The molecule has 1 amide bonds. The number of hydrogen-bond acceptors (Lipinski definition) is 5. The molecule has 0 spiro atoms. The van der Waals surface area contributed by atoms with Crippen LogP contribution in [0.25, 0.3) is 0 Å². The zero-order valence-electron chi connectivity index (χ0n) is 13.7. The number of carbonyl (C=O) groups excluding carboxylic acids is 2. The number of rotatable bonds is 5. The number of nitro benzene ring substituents is 1. The lowest BCUT2D eigenvalue weighted by atomic mass is 9.85. The minimum absolute atomic E-state index is 0.0296. The molecule has 24 heavy (non-hydrogen) atoms. The van der Waals surface area contributed by atoms with Gasteiger partial charge in [0.1, 0.15) is 5.92 Å². The van der Waals surface area contributed by atoms with Gasteiger partial charge < -0.3 is 10.1 Å². The Hall–Kier alpha value is -2.44. The molecule has 0 radical (unpaired) electrons. The van der Waals surface area contributed by atoms with Crippen LogP contribution in [-0.4, -0.2) is 23.9 Å². The molecule has 1 atom stereocenters. The van der Waals surface area contributed by atoms with Crippen LogP contribution in [-0.2, 0) is 14.3 Å². The van der Waals surface area contributed by atoms with Gasteiger partial charge in [-0.3, -0.25) is 19.7 Å². The lowest BCUT2D eigenvalue weighted by Gasteiger charge is -2.23. The van der Waals surface area contributed by atoms with Gasteiger partial charge in [0, 0.05) is 17.8 Å². The number of nitro groups is 1. The number of nitrogens with zero attached hydrogens (tertiary/aromatic N) is 1.